The molecule has 1 fully saturated rings. The van der Waals surface area contributed by atoms with E-state index in [4.69, 9.17) is 21.1 Å². The first kappa shape index (κ1) is 16.6. The number of aromatic nitrogens is 1. The number of carboxylic acid groups (broad SMARTS) is 1. The molecule has 1 aliphatic rings. The molecule has 2 heterocycles. The molecule has 1 saturated heterocycles. The van der Waals surface area contributed by atoms with Gasteiger partial charge in [0.1, 0.15) is 5.52 Å². The number of rotatable bonds is 3. The number of aryl methyl sites for hydroxylation is 1. The molecule has 0 saturated carbocycles. The number of amides is 1. The van der Waals surface area contributed by atoms with Crippen molar-refractivity contribution in [1.29, 1.82) is 0 Å². The van der Waals surface area contributed by atoms with Crippen LogP contribution in [-0.4, -0.2) is 28.5 Å². The number of anilines is 1. The van der Waals surface area contributed by atoms with Crippen molar-refractivity contribution in [3.05, 3.63) is 47.0 Å². The molecule has 7 heteroatoms. The smallest absolute Gasteiger partial charge is 0.308 e. The van der Waals surface area contributed by atoms with E-state index in [0.717, 1.165) is 11.1 Å². The Balaban J connectivity index is 1.74. The quantitative estimate of drug-likeness (QED) is 0.756. The zero-order valence-electron chi connectivity index (χ0n) is 13.9. The molecule has 6 nitrogen and oxygen atoms in total. The first-order chi connectivity index (χ1) is 12.4. The van der Waals surface area contributed by atoms with E-state index < -0.39 is 11.9 Å². The van der Waals surface area contributed by atoms with E-state index in [9.17, 15) is 9.59 Å². The summed E-state index contributed by atoms with van der Waals surface area (Å²) in [4.78, 5) is 29.3. The zero-order valence-corrected chi connectivity index (χ0v) is 14.7. The van der Waals surface area contributed by atoms with E-state index in [1.165, 1.54) is 4.90 Å². The Morgan fingerprint density at radius 2 is 2.12 bits per heavy atom. The standard InChI is InChI=1S/C19H15ClN2O4/c1-10-2-5-16-14(6-10)21-18(26-16)11-3-4-13(20)15(7-11)22-9-12(19(24)25)8-17(22)23/h2-7,12H,8-9H2,1H3,(H,24,25). The molecule has 3 aromatic rings. The summed E-state index contributed by atoms with van der Waals surface area (Å²) in [6.07, 6.45) is -0.0297. The number of hydrogen-bond acceptors (Lipinski definition) is 4. The molecular formula is C19H15ClN2O4. The van der Waals surface area contributed by atoms with E-state index in [1.807, 2.05) is 25.1 Å². The van der Waals surface area contributed by atoms with Gasteiger partial charge in [0, 0.05) is 18.5 Å². The largest absolute Gasteiger partial charge is 0.481 e. The first-order valence-corrected chi connectivity index (χ1v) is 8.50. The van der Waals surface area contributed by atoms with Crippen molar-refractivity contribution in [3.63, 3.8) is 0 Å². The number of carbonyl (C=O) groups excluding carboxylic acids is 1. The maximum atomic E-state index is 12.2. The van der Waals surface area contributed by atoms with Crippen molar-refractivity contribution < 1.29 is 19.1 Å². The highest BCUT2D eigenvalue weighted by molar-refractivity contribution is 6.34. The van der Waals surface area contributed by atoms with Gasteiger partial charge in [-0.1, -0.05) is 17.7 Å². The molecule has 1 N–H and O–H groups in total. The lowest BCUT2D eigenvalue weighted by molar-refractivity contribution is -0.141. The van der Waals surface area contributed by atoms with Crippen LogP contribution >= 0.6 is 11.6 Å². The Bertz CT molecular complexity index is 1040. The van der Waals surface area contributed by atoms with Gasteiger partial charge in [-0.25, -0.2) is 4.98 Å². The molecule has 1 aromatic heterocycles. The van der Waals surface area contributed by atoms with Gasteiger partial charge in [-0.2, -0.15) is 0 Å². The van der Waals surface area contributed by atoms with Crippen LogP contribution in [0.15, 0.2) is 40.8 Å². The summed E-state index contributed by atoms with van der Waals surface area (Å²) in [6.45, 7) is 2.08. The number of oxazole rings is 1. The Hall–Kier alpha value is -2.86. The molecule has 0 radical (unpaired) electrons. The Labute approximate surface area is 154 Å². The molecule has 4 rings (SSSR count). The van der Waals surface area contributed by atoms with Crippen LogP contribution in [0.2, 0.25) is 5.02 Å². The summed E-state index contributed by atoms with van der Waals surface area (Å²) < 4.78 is 5.80. The molecule has 0 bridgehead atoms. The predicted octanol–water partition coefficient (Wildman–Crippen LogP) is 3.89. The van der Waals surface area contributed by atoms with Crippen molar-refractivity contribution in [2.75, 3.05) is 11.4 Å². The number of benzene rings is 2. The minimum Gasteiger partial charge on any atom is -0.481 e. The Morgan fingerprint density at radius 3 is 2.85 bits per heavy atom. The van der Waals surface area contributed by atoms with Gasteiger partial charge in [-0.05, 0) is 42.8 Å². The third kappa shape index (κ3) is 2.82. The third-order valence-electron chi connectivity index (χ3n) is 4.50. The van der Waals surface area contributed by atoms with Gasteiger partial charge in [0.2, 0.25) is 11.8 Å². The van der Waals surface area contributed by atoms with Gasteiger partial charge in [0.25, 0.3) is 0 Å². The van der Waals surface area contributed by atoms with Gasteiger partial charge < -0.3 is 14.4 Å². The maximum absolute atomic E-state index is 12.2. The number of halogens is 1. The summed E-state index contributed by atoms with van der Waals surface area (Å²) in [7, 11) is 0. The fourth-order valence-corrected chi connectivity index (χ4v) is 3.34. The van der Waals surface area contributed by atoms with Crippen molar-refractivity contribution in [1.82, 2.24) is 4.98 Å². The van der Waals surface area contributed by atoms with Crippen LogP contribution in [0.25, 0.3) is 22.6 Å². The summed E-state index contributed by atoms with van der Waals surface area (Å²) in [5, 5.41) is 9.54. The lowest BCUT2D eigenvalue weighted by Crippen LogP contribution is -2.26. The molecule has 1 amide bonds. The van der Waals surface area contributed by atoms with Crippen molar-refractivity contribution in [3.8, 4) is 11.5 Å². The van der Waals surface area contributed by atoms with Crippen molar-refractivity contribution in [2.45, 2.75) is 13.3 Å². The minimum absolute atomic E-state index is 0.0297. The fraction of sp³-hybridized carbons (Fsp3) is 0.211. The topological polar surface area (TPSA) is 83.6 Å². The molecule has 1 atom stereocenters. The fourth-order valence-electron chi connectivity index (χ4n) is 3.12. The van der Waals surface area contributed by atoms with Gasteiger partial charge in [0.05, 0.1) is 16.6 Å². The van der Waals surface area contributed by atoms with Crippen molar-refractivity contribution >= 4 is 40.3 Å². The number of carbonyl (C=O) groups is 2. The Morgan fingerprint density at radius 1 is 1.31 bits per heavy atom. The number of carboxylic acids is 1. The SMILES string of the molecule is Cc1ccc2oc(-c3ccc(Cl)c(N4CC(C(=O)O)CC4=O)c3)nc2c1. The van der Waals surface area contributed by atoms with Crippen LogP contribution in [-0.2, 0) is 9.59 Å². The van der Waals surface area contributed by atoms with Crippen LogP contribution in [0, 0.1) is 12.8 Å². The van der Waals surface area contributed by atoms with E-state index in [-0.39, 0.29) is 18.9 Å². The minimum atomic E-state index is -0.984. The van der Waals surface area contributed by atoms with Crippen LogP contribution in [0.5, 0.6) is 0 Å². The number of nitrogens with zero attached hydrogens (tertiary/aromatic N) is 2. The van der Waals surface area contributed by atoms with Gasteiger partial charge >= 0.3 is 5.97 Å². The number of aliphatic carboxylic acids is 1. The summed E-state index contributed by atoms with van der Waals surface area (Å²) >= 11 is 6.26. The number of fused-ring (bicyclic) bond motifs is 1. The second-order valence-corrected chi connectivity index (χ2v) is 6.81. The molecule has 1 aliphatic heterocycles. The van der Waals surface area contributed by atoms with E-state index in [2.05, 4.69) is 4.98 Å². The van der Waals surface area contributed by atoms with Crippen LogP contribution in [0.1, 0.15) is 12.0 Å². The van der Waals surface area contributed by atoms with Crippen LogP contribution in [0.4, 0.5) is 5.69 Å². The molecule has 1 unspecified atom stereocenters. The lowest BCUT2D eigenvalue weighted by atomic mass is 10.1. The van der Waals surface area contributed by atoms with Gasteiger partial charge in [0.15, 0.2) is 5.58 Å². The average Bonchev–Trinajstić information content (AvgIpc) is 3.18. The molecule has 0 aliphatic carbocycles. The molecule has 132 valence electrons. The van der Waals surface area contributed by atoms with Gasteiger partial charge in [-0.3, -0.25) is 9.59 Å². The third-order valence-corrected chi connectivity index (χ3v) is 4.82. The van der Waals surface area contributed by atoms with Crippen molar-refractivity contribution in [2.24, 2.45) is 5.92 Å². The second-order valence-electron chi connectivity index (χ2n) is 6.40. The second kappa shape index (κ2) is 6.14. The summed E-state index contributed by atoms with van der Waals surface area (Å²) in [5.74, 6) is -1.55. The summed E-state index contributed by atoms with van der Waals surface area (Å²) in [5.41, 5.74) is 3.64. The Kier molecular flexibility index (Phi) is 3.92. The molecule has 26 heavy (non-hydrogen) atoms. The van der Waals surface area contributed by atoms with E-state index >= 15 is 0 Å². The van der Waals surface area contributed by atoms with Crippen LogP contribution < -0.4 is 4.90 Å². The lowest BCUT2D eigenvalue weighted by Gasteiger charge is -2.18. The average molecular weight is 371 g/mol. The number of hydrogen-bond donors (Lipinski definition) is 1. The molecule has 2 aromatic carbocycles. The van der Waals surface area contributed by atoms with E-state index in [0.29, 0.717) is 27.7 Å². The summed E-state index contributed by atoms with van der Waals surface area (Å²) in [6, 6.07) is 10.9. The highest BCUT2D eigenvalue weighted by Crippen LogP contribution is 2.35. The monoisotopic (exact) mass is 370 g/mol. The van der Waals surface area contributed by atoms with Crippen LogP contribution in [0.3, 0.4) is 0 Å². The predicted molar refractivity (Wildman–Crippen MR) is 97.3 cm³/mol. The molecule has 0 spiro atoms. The maximum Gasteiger partial charge on any atom is 0.308 e. The molecular weight excluding hydrogens is 356 g/mol. The highest BCUT2D eigenvalue weighted by atomic mass is 35.5. The van der Waals surface area contributed by atoms with Gasteiger partial charge in [-0.15, -0.1) is 0 Å². The normalized spacial score (nSPS) is 17.2. The zero-order chi connectivity index (χ0) is 18.4. The van der Waals surface area contributed by atoms with E-state index in [1.54, 1.807) is 18.2 Å². The highest BCUT2D eigenvalue weighted by Gasteiger charge is 2.36. The first-order valence-electron chi connectivity index (χ1n) is 8.12.